The monoisotopic (exact) mass is 404 g/mol. The highest BCUT2D eigenvalue weighted by atomic mass is 16.4. The van der Waals surface area contributed by atoms with Gasteiger partial charge in [-0.2, -0.15) is 0 Å². The minimum atomic E-state index is -0.999. The van der Waals surface area contributed by atoms with Crippen LogP contribution in [0.15, 0.2) is 0 Å². The Balaban J connectivity index is 0. The van der Waals surface area contributed by atoms with Crippen LogP contribution in [0, 0.1) is 29.6 Å². The van der Waals surface area contributed by atoms with Crippen LogP contribution in [0.1, 0.15) is 53.9 Å². The lowest BCUT2D eigenvalue weighted by molar-refractivity contribution is -0.147. The summed E-state index contributed by atoms with van der Waals surface area (Å²) in [7, 11) is 0. The predicted molar refractivity (Wildman–Crippen MR) is 105 cm³/mol. The number of carbonyl (C=O) groups excluding carboxylic acids is 1. The van der Waals surface area contributed by atoms with Gasteiger partial charge in [-0.1, -0.05) is 27.7 Å². The molecule has 6 N–H and O–H groups in total. The topological polar surface area (TPSA) is 167 Å². The van der Waals surface area contributed by atoms with Crippen LogP contribution in [0.2, 0.25) is 0 Å². The Morgan fingerprint density at radius 3 is 1.93 bits per heavy atom. The Kier molecular flexibility index (Phi) is 14.9. The van der Waals surface area contributed by atoms with Gasteiger partial charge in [-0.25, -0.2) is 0 Å². The molecular formula is C19H36N2O7. The lowest BCUT2D eigenvalue weighted by Gasteiger charge is -2.14. The van der Waals surface area contributed by atoms with E-state index in [2.05, 4.69) is 19.2 Å². The predicted octanol–water partition coefficient (Wildman–Crippen LogP) is 1.65. The number of carbonyl (C=O) groups is 4. The van der Waals surface area contributed by atoms with E-state index in [1.165, 1.54) is 0 Å². The smallest absolute Gasteiger partial charge is 0.316 e. The SMILES string of the molecule is CC(=O)O.CC(C)C[C@@H]1CNC(=O)C1C(=O)O.CC(C)C[C@H](CN)CC(=O)O. The molecule has 3 atom stereocenters. The molecule has 1 amide bonds. The molecule has 9 heteroatoms. The van der Waals surface area contributed by atoms with Gasteiger partial charge >= 0.3 is 11.9 Å². The van der Waals surface area contributed by atoms with Crippen LogP contribution in [0.25, 0.3) is 0 Å². The van der Waals surface area contributed by atoms with Crippen molar-refractivity contribution in [3.63, 3.8) is 0 Å². The highest BCUT2D eigenvalue weighted by Crippen LogP contribution is 2.25. The molecule has 28 heavy (non-hydrogen) atoms. The van der Waals surface area contributed by atoms with Gasteiger partial charge < -0.3 is 26.4 Å². The Morgan fingerprint density at radius 1 is 1.11 bits per heavy atom. The number of nitrogens with one attached hydrogen (secondary N) is 1. The van der Waals surface area contributed by atoms with Crippen LogP contribution in [-0.2, 0) is 19.2 Å². The van der Waals surface area contributed by atoms with Crippen LogP contribution in [0.3, 0.4) is 0 Å². The Labute approximate surface area is 166 Å². The van der Waals surface area contributed by atoms with E-state index < -0.39 is 23.8 Å². The van der Waals surface area contributed by atoms with E-state index in [-0.39, 0.29) is 24.2 Å². The molecular weight excluding hydrogens is 368 g/mol. The minimum absolute atomic E-state index is 0.0370. The van der Waals surface area contributed by atoms with Crippen LogP contribution >= 0.6 is 0 Å². The third-order valence-electron chi connectivity index (χ3n) is 3.93. The second-order valence-electron chi connectivity index (χ2n) is 7.80. The van der Waals surface area contributed by atoms with E-state index in [1.54, 1.807) is 0 Å². The summed E-state index contributed by atoms with van der Waals surface area (Å²) >= 11 is 0. The fourth-order valence-corrected chi connectivity index (χ4v) is 2.99. The normalized spacial score (nSPS) is 19.1. The number of nitrogens with two attached hydrogens (primary N) is 1. The largest absolute Gasteiger partial charge is 0.481 e. The van der Waals surface area contributed by atoms with Gasteiger partial charge in [0, 0.05) is 19.9 Å². The molecule has 0 spiro atoms. The van der Waals surface area contributed by atoms with Crippen LogP contribution in [0.4, 0.5) is 0 Å². The van der Waals surface area contributed by atoms with E-state index in [4.69, 9.17) is 25.8 Å². The van der Waals surface area contributed by atoms with E-state index in [0.717, 1.165) is 19.8 Å². The van der Waals surface area contributed by atoms with Crippen molar-refractivity contribution in [3.05, 3.63) is 0 Å². The van der Waals surface area contributed by atoms with Gasteiger partial charge in [0.15, 0.2) is 0 Å². The van der Waals surface area contributed by atoms with Crippen molar-refractivity contribution in [2.75, 3.05) is 13.1 Å². The summed E-state index contributed by atoms with van der Waals surface area (Å²) < 4.78 is 0. The Morgan fingerprint density at radius 2 is 1.61 bits per heavy atom. The first-order chi connectivity index (χ1) is 12.8. The summed E-state index contributed by atoms with van der Waals surface area (Å²) in [6.07, 6.45) is 1.90. The first kappa shape index (κ1) is 28.1. The first-order valence-electron chi connectivity index (χ1n) is 9.43. The van der Waals surface area contributed by atoms with Crippen molar-refractivity contribution in [2.24, 2.45) is 35.3 Å². The van der Waals surface area contributed by atoms with Crippen LogP contribution in [0.5, 0.6) is 0 Å². The minimum Gasteiger partial charge on any atom is -0.481 e. The Hall–Kier alpha value is -2.16. The highest BCUT2D eigenvalue weighted by Gasteiger charge is 2.40. The van der Waals surface area contributed by atoms with Crippen molar-refractivity contribution in [1.29, 1.82) is 0 Å². The molecule has 0 radical (unpaired) electrons. The van der Waals surface area contributed by atoms with E-state index >= 15 is 0 Å². The van der Waals surface area contributed by atoms with E-state index in [1.807, 2.05) is 13.8 Å². The van der Waals surface area contributed by atoms with Gasteiger partial charge in [0.2, 0.25) is 5.91 Å². The number of carboxylic acid groups (broad SMARTS) is 3. The standard InChI is InChI=1S/C9H15NO3.C8H17NO2.C2H4O2/c1-5(2)3-6-4-10-8(11)7(6)9(12)13;1-6(2)3-7(5-9)4-8(10)11;1-2(3)4/h5-7H,3-4H2,1-2H3,(H,10,11)(H,12,13);6-7H,3-5,9H2,1-2H3,(H,10,11);1H3,(H,3,4)/t6-,7?;7-;/m10./s1. The Bertz CT molecular complexity index is 503. The molecule has 0 aromatic heterocycles. The van der Waals surface area contributed by atoms with Gasteiger partial charge in [0.05, 0.1) is 0 Å². The number of rotatable bonds is 8. The van der Waals surface area contributed by atoms with Crippen LogP contribution < -0.4 is 11.1 Å². The molecule has 0 aromatic carbocycles. The number of aliphatic carboxylic acids is 3. The quantitative estimate of drug-likeness (QED) is 0.381. The maximum absolute atomic E-state index is 11.1. The molecule has 0 bridgehead atoms. The lowest BCUT2D eigenvalue weighted by atomic mass is 9.88. The third-order valence-corrected chi connectivity index (χ3v) is 3.93. The van der Waals surface area contributed by atoms with Gasteiger partial charge in [0.25, 0.3) is 5.97 Å². The summed E-state index contributed by atoms with van der Waals surface area (Å²) in [5.74, 6) is -2.68. The van der Waals surface area contributed by atoms with Crippen molar-refractivity contribution < 1.29 is 34.5 Å². The van der Waals surface area contributed by atoms with E-state index in [0.29, 0.717) is 24.9 Å². The van der Waals surface area contributed by atoms with Crippen molar-refractivity contribution in [3.8, 4) is 0 Å². The summed E-state index contributed by atoms with van der Waals surface area (Å²) in [4.78, 5) is 41.2. The number of hydrogen-bond donors (Lipinski definition) is 5. The van der Waals surface area contributed by atoms with Crippen LogP contribution in [-0.4, -0.2) is 52.2 Å². The average molecular weight is 405 g/mol. The molecule has 0 aliphatic carbocycles. The zero-order chi connectivity index (χ0) is 22.4. The zero-order valence-corrected chi connectivity index (χ0v) is 17.5. The molecule has 1 unspecified atom stereocenters. The average Bonchev–Trinajstić information content (AvgIpc) is 2.85. The lowest BCUT2D eigenvalue weighted by Crippen LogP contribution is -2.27. The molecule has 0 saturated carbocycles. The van der Waals surface area contributed by atoms with Crippen molar-refractivity contribution >= 4 is 23.8 Å². The van der Waals surface area contributed by atoms with Gasteiger partial charge in [-0.05, 0) is 43.1 Å². The molecule has 9 nitrogen and oxygen atoms in total. The third kappa shape index (κ3) is 15.0. The van der Waals surface area contributed by atoms with Crippen molar-refractivity contribution in [1.82, 2.24) is 5.32 Å². The highest BCUT2D eigenvalue weighted by molar-refractivity contribution is 5.98. The molecule has 1 fully saturated rings. The second kappa shape index (κ2) is 14.8. The molecule has 1 aliphatic rings. The van der Waals surface area contributed by atoms with Crippen molar-refractivity contribution in [2.45, 2.75) is 53.9 Å². The molecule has 1 heterocycles. The number of carboxylic acids is 3. The van der Waals surface area contributed by atoms with Gasteiger partial charge in [-0.15, -0.1) is 0 Å². The summed E-state index contributed by atoms with van der Waals surface area (Å²) in [5, 5.41) is 27.3. The van der Waals surface area contributed by atoms with Gasteiger partial charge in [0.1, 0.15) is 5.92 Å². The van der Waals surface area contributed by atoms with E-state index in [9.17, 15) is 14.4 Å². The maximum Gasteiger partial charge on any atom is 0.316 e. The molecule has 1 saturated heterocycles. The summed E-state index contributed by atoms with van der Waals surface area (Å²) in [6.45, 7) is 10.3. The zero-order valence-electron chi connectivity index (χ0n) is 17.5. The first-order valence-corrected chi connectivity index (χ1v) is 9.43. The number of amides is 1. The molecule has 0 aromatic rings. The summed E-state index contributed by atoms with van der Waals surface area (Å²) in [6, 6.07) is 0. The van der Waals surface area contributed by atoms with Gasteiger partial charge in [-0.3, -0.25) is 19.2 Å². The second-order valence-corrected chi connectivity index (χ2v) is 7.80. The number of hydrogen-bond acceptors (Lipinski definition) is 5. The maximum atomic E-state index is 11.1. The molecule has 164 valence electrons. The molecule has 1 aliphatic heterocycles. The molecule has 1 rings (SSSR count). The fourth-order valence-electron chi connectivity index (χ4n) is 2.99. The fraction of sp³-hybridized carbons (Fsp3) is 0.789. The summed E-state index contributed by atoms with van der Waals surface area (Å²) in [5.41, 5.74) is 5.41.